The van der Waals surface area contributed by atoms with Gasteiger partial charge in [-0.15, -0.1) is 0 Å². The summed E-state index contributed by atoms with van der Waals surface area (Å²) < 4.78 is 5.15. The minimum absolute atomic E-state index is 0.115. The number of carbonyl (C=O) groups excluding carboxylic acids is 1. The Labute approximate surface area is 178 Å². The predicted molar refractivity (Wildman–Crippen MR) is 119 cm³/mol. The molecular weight excluding hydrogens is 404 g/mol. The lowest BCUT2D eigenvalue weighted by atomic mass is 10.2. The summed E-state index contributed by atoms with van der Waals surface area (Å²) >= 11 is 7.59. The highest BCUT2D eigenvalue weighted by Crippen LogP contribution is 2.23. The standard InChI is InChI=1S/C22H19ClN4OS/c1-27-20-13-17(23)5-4-16(20)12-21(27)22(28)25-14-15-2-6-18(7-3-15)26-29-19-8-10-24-11-9-19/h2-13,26H,14H2,1H3,(H,25,28). The molecule has 0 saturated carbocycles. The summed E-state index contributed by atoms with van der Waals surface area (Å²) in [5.74, 6) is -0.115. The van der Waals surface area contributed by atoms with Gasteiger partial charge in [-0.25, -0.2) is 0 Å². The lowest BCUT2D eigenvalue weighted by Gasteiger charge is -2.09. The molecule has 0 saturated heterocycles. The van der Waals surface area contributed by atoms with Crippen LogP contribution in [0.25, 0.3) is 10.9 Å². The van der Waals surface area contributed by atoms with Crippen LogP contribution in [0.1, 0.15) is 16.1 Å². The van der Waals surface area contributed by atoms with Crippen molar-refractivity contribution in [3.63, 3.8) is 0 Å². The Bertz CT molecular complexity index is 1140. The van der Waals surface area contributed by atoms with Gasteiger partial charge < -0.3 is 14.6 Å². The number of fused-ring (bicyclic) bond motifs is 1. The van der Waals surface area contributed by atoms with Gasteiger partial charge in [-0.2, -0.15) is 0 Å². The third-order valence-electron chi connectivity index (χ3n) is 4.58. The van der Waals surface area contributed by atoms with E-state index < -0.39 is 0 Å². The van der Waals surface area contributed by atoms with E-state index in [1.54, 1.807) is 12.4 Å². The summed E-state index contributed by atoms with van der Waals surface area (Å²) in [5, 5.41) is 4.63. The molecule has 0 atom stereocenters. The van der Waals surface area contributed by atoms with Crippen molar-refractivity contribution >= 4 is 46.0 Å². The fourth-order valence-electron chi connectivity index (χ4n) is 3.01. The maximum absolute atomic E-state index is 12.6. The zero-order valence-corrected chi connectivity index (χ0v) is 17.3. The van der Waals surface area contributed by atoms with Crippen LogP contribution in [-0.4, -0.2) is 15.5 Å². The topological polar surface area (TPSA) is 59.0 Å². The van der Waals surface area contributed by atoms with Crippen molar-refractivity contribution in [2.24, 2.45) is 7.05 Å². The van der Waals surface area contributed by atoms with Crippen LogP contribution in [0.5, 0.6) is 0 Å². The minimum Gasteiger partial charge on any atom is -0.347 e. The maximum Gasteiger partial charge on any atom is 0.268 e. The average molecular weight is 423 g/mol. The normalized spacial score (nSPS) is 10.8. The van der Waals surface area contributed by atoms with E-state index in [-0.39, 0.29) is 5.91 Å². The molecule has 0 fully saturated rings. The Morgan fingerprint density at radius 3 is 2.59 bits per heavy atom. The third kappa shape index (κ3) is 4.55. The van der Waals surface area contributed by atoms with E-state index >= 15 is 0 Å². The summed E-state index contributed by atoms with van der Waals surface area (Å²) in [6, 6.07) is 19.4. The first-order chi connectivity index (χ1) is 14.1. The number of aromatic nitrogens is 2. The molecule has 146 valence electrons. The molecule has 2 N–H and O–H groups in total. The molecule has 2 aromatic carbocycles. The van der Waals surface area contributed by atoms with Crippen molar-refractivity contribution in [2.75, 3.05) is 4.72 Å². The van der Waals surface area contributed by atoms with Crippen LogP contribution in [0, 0.1) is 0 Å². The summed E-state index contributed by atoms with van der Waals surface area (Å²) in [5.41, 5.74) is 3.56. The molecule has 2 heterocycles. The molecule has 0 aliphatic carbocycles. The quantitative estimate of drug-likeness (QED) is 0.415. The molecule has 0 aliphatic rings. The third-order valence-corrected chi connectivity index (χ3v) is 5.66. The number of carbonyl (C=O) groups is 1. The summed E-state index contributed by atoms with van der Waals surface area (Å²) in [7, 11) is 1.87. The Hall–Kier alpha value is -2.96. The zero-order chi connectivity index (χ0) is 20.2. The first kappa shape index (κ1) is 19.4. The number of amides is 1. The van der Waals surface area contributed by atoms with E-state index in [1.807, 2.05) is 72.3 Å². The molecule has 7 heteroatoms. The summed E-state index contributed by atoms with van der Waals surface area (Å²) in [4.78, 5) is 17.7. The SMILES string of the molecule is Cn1c(C(=O)NCc2ccc(NSc3ccncc3)cc2)cc2ccc(Cl)cc21. The fourth-order valence-corrected chi connectivity index (χ4v) is 3.80. The van der Waals surface area contributed by atoms with Gasteiger partial charge in [0, 0.05) is 52.5 Å². The molecule has 0 aliphatic heterocycles. The molecule has 4 rings (SSSR count). The number of anilines is 1. The molecule has 2 aromatic heterocycles. The maximum atomic E-state index is 12.6. The molecule has 5 nitrogen and oxygen atoms in total. The van der Waals surface area contributed by atoms with E-state index in [9.17, 15) is 4.79 Å². The van der Waals surface area contributed by atoms with E-state index in [2.05, 4.69) is 15.0 Å². The number of halogens is 1. The smallest absolute Gasteiger partial charge is 0.268 e. The Kier molecular flexibility index (Phi) is 5.74. The first-order valence-electron chi connectivity index (χ1n) is 9.05. The second-order valence-corrected chi connectivity index (χ2v) is 7.87. The zero-order valence-electron chi connectivity index (χ0n) is 15.7. The van der Waals surface area contributed by atoms with Crippen LogP contribution in [0.2, 0.25) is 5.02 Å². The highest BCUT2D eigenvalue weighted by molar-refractivity contribution is 8.00. The van der Waals surface area contributed by atoms with Crippen molar-refractivity contribution in [3.8, 4) is 0 Å². The fraction of sp³-hybridized carbons (Fsp3) is 0.0909. The predicted octanol–water partition coefficient (Wildman–Crippen LogP) is 5.28. The second kappa shape index (κ2) is 8.59. The van der Waals surface area contributed by atoms with Gasteiger partial charge >= 0.3 is 0 Å². The average Bonchev–Trinajstić information content (AvgIpc) is 3.08. The number of nitrogens with zero attached hydrogens (tertiary/aromatic N) is 2. The van der Waals surface area contributed by atoms with Crippen LogP contribution in [-0.2, 0) is 13.6 Å². The molecule has 0 spiro atoms. The molecule has 1 amide bonds. The highest BCUT2D eigenvalue weighted by Gasteiger charge is 2.13. The number of hydrogen-bond acceptors (Lipinski definition) is 4. The van der Waals surface area contributed by atoms with Gasteiger partial charge in [0.15, 0.2) is 0 Å². The van der Waals surface area contributed by atoms with Gasteiger partial charge in [-0.1, -0.05) is 29.8 Å². The van der Waals surface area contributed by atoms with Gasteiger partial charge in [-0.3, -0.25) is 9.78 Å². The van der Waals surface area contributed by atoms with Crippen LogP contribution >= 0.6 is 23.5 Å². The van der Waals surface area contributed by atoms with Crippen molar-refractivity contribution in [2.45, 2.75) is 11.4 Å². The molecule has 29 heavy (non-hydrogen) atoms. The number of hydrogen-bond donors (Lipinski definition) is 2. The largest absolute Gasteiger partial charge is 0.347 e. The number of benzene rings is 2. The van der Waals surface area contributed by atoms with Crippen molar-refractivity contribution in [1.29, 1.82) is 0 Å². The lowest BCUT2D eigenvalue weighted by molar-refractivity contribution is 0.0943. The Morgan fingerprint density at radius 2 is 1.83 bits per heavy atom. The van der Waals surface area contributed by atoms with Crippen molar-refractivity contribution < 1.29 is 4.79 Å². The van der Waals surface area contributed by atoms with Crippen LogP contribution in [0.3, 0.4) is 0 Å². The van der Waals surface area contributed by atoms with Gasteiger partial charge in [-0.05, 0) is 60.0 Å². The number of pyridine rings is 1. The van der Waals surface area contributed by atoms with E-state index in [0.29, 0.717) is 17.3 Å². The number of rotatable bonds is 6. The van der Waals surface area contributed by atoms with E-state index in [1.165, 1.54) is 11.9 Å². The minimum atomic E-state index is -0.115. The summed E-state index contributed by atoms with van der Waals surface area (Å²) in [6.07, 6.45) is 3.53. The van der Waals surface area contributed by atoms with Crippen LogP contribution in [0.15, 0.2) is 78.0 Å². The number of nitrogens with one attached hydrogen (secondary N) is 2. The van der Waals surface area contributed by atoms with Crippen LogP contribution < -0.4 is 10.0 Å². The second-order valence-electron chi connectivity index (χ2n) is 6.56. The summed E-state index contributed by atoms with van der Waals surface area (Å²) in [6.45, 7) is 0.457. The van der Waals surface area contributed by atoms with E-state index in [0.717, 1.165) is 27.0 Å². The van der Waals surface area contributed by atoms with Gasteiger partial charge in [0.2, 0.25) is 0 Å². The molecule has 4 aromatic rings. The molecular formula is C22H19ClN4OS. The van der Waals surface area contributed by atoms with Gasteiger partial charge in [0.05, 0.1) is 0 Å². The number of aryl methyl sites for hydroxylation is 1. The molecule has 0 bridgehead atoms. The molecule has 0 radical (unpaired) electrons. The monoisotopic (exact) mass is 422 g/mol. The lowest BCUT2D eigenvalue weighted by Crippen LogP contribution is -2.24. The Balaban J connectivity index is 1.36. The van der Waals surface area contributed by atoms with Gasteiger partial charge in [0.25, 0.3) is 5.91 Å². The molecule has 0 unspecified atom stereocenters. The van der Waals surface area contributed by atoms with Crippen molar-refractivity contribution in [3.05, 3.63) is 89.3 Å². The Morgan fingerprint density at radius 1 is 1.07 bits per heavy atom. The first-order valence-corrected chi connectivity index (χ1v) is 10.2. The van der Waals surface area contributed by atoms with E-state index in [4.69, 9.17) is 11.6 Å². The highest BCUT2D eigenvalue weighted by atomic mass is 35.5. The van der Waals surface area contributed by atoms with Gasteiger partial charge in [0.1, 0.15) is 5.69 Å². The van der Waals surface area contributed by atoms with Crippen molar-refractivity contribution in [1.82, 2.24) is 14.9 Å². The van der Waals surface area contributed by atoms with Crippen LogP contribution in [0.4, 0.5) is 5.69 Å².